The first-order valence-electron chi connectivity index (χ1n) is 9.52. The number of primary amides is 1. The summed E-state index contributed by atoms with van der Waals surface area (Å²) >= 11 is 3.43. The normalized spacial score (nSPS) is 24.2. The van der Waals surface area contributed by atoms with E-state index < -0.39 is 11.9 Å². The second kappa shape index (κ2) is 8.53. The van der Waals surface area contributed by atoms with Gasteiger partial charge in [0.2, 0.25) is 11.8 Å². The largest absolute Gasteiger partial charge is 0.368 e. The van der Waals surface area contributed by atoms with Crippen molar-refractivity contribution in [3.05, 3.63) is 34.3 Å². The molecule has 26 heavy (non-hydrogen) atoms. The van der Waals surface area contributed by atoms with E-state index in [2.05, 4.69) is 20.8 Å². The van der Waals surface area contributed by atoms with Gasteiger partial charge in [-0.05, 0) is 56.3 Å². The molecule has 1 aliphatic heterocycles. The van der Waals surface area contributed by atoms with Crippen molar-refractivity contribution >= 4 is 27.7 Å². The fraction of sp³-hybridized carbons (Fsp3) is 0.600. The number of amides is 2. The van der Waals surface area contributed by atoms with Crippen LogP contribution < -0.4 is 5.73 Å². The minimum atomic E-state index is -0.608. The number of fused-ring (bicyclic) bond motifs is 1. The molecule has 5 nitrogen and oxygen atoms in total. The van der Waals surface area contributed by atoms with E-state index in [0.717, 1.165) is 29.4 Å². The van der Waals surface area contributed by atoms with E-state index in [4.69, 9.17) is 5.73 Å². The van der Waals surface area contributed by atoms with E-state index in [1.807, 2.05) is 24.3 Å². The molecule has 1 saturated heterocycles. The molecule has 142 valence electrons. The first-order chi connectivity index (χ1) is 12.5. The second-order valence-electron chi connectivity index (χ2n) is 7.62. The van der Waals surface area contributed by atoms with Crippen LogP contribution in [0.4, 0.5) is 0 Å². The van der Waals surface area contributed by atoms with Gasteiger partial charge in [0, 0.05) is 17.1 Å². The predicted octanol–water partition coefficient (Wildman–Crippen LogP) is 3.09. The van der Waals surface area contributed by atoms with Crippen molar-refractivity contribution in [2.75, 3.05) is 20.1 Å². The number of nitrogens with zero attached hydrogens (tertiary/aromatic N) is 2. The Balaban J connectivity index is 1.71. The summed E-state index contributed by atoms with van der Waals surface area (Å²) in [5, 5.41) is 0. The van der Waals surface area contributed by atoms with Gasteiger partial charge in [-0.2, -0.15) is 0 Å². The lowest BCUT2D eigenvalue weighted by Gasteiger charge is -2.44. The van der Waals surface area contributed by atoms with Crippen LogP contribution in [-0.4, -0.2) is 47.8 Å². The summed E-state index contributed by atoms with van der Waals surface area (Å²) in [6.07, 6.45) is 7.18. The summed E-state index contributed by atoms with van der Waals surface area (Å²) in [6, 6.07) is 7.32. The molecule has 6 heteroatoms. The van der Waals surface area contributed by atoms with E-state index in [1.54, 1.807) is 11.9 Å². The monoisotopic (exact) mass is 421 g/mol. The van der Waals surface area contributed by atoms with Gasteiger partial charge >= 0.3 is 0 Å². The average Bonchev–Trinajstić information content (AvgIpc) is 2.61. The Morgan fingerprint density at radius 2 is 2.00 bits per heavy atom. The molecule has 0 unspecified atom stereocenters. The lowest BCUT2D eigenvalue weighted by molar-refractivity contribution is -0.139. The number of benzene rings is 1. The molecule has 0 aromatic heterocycles. The fourth-order valence-corrected chi connectivity index (χ4v) is 5.06. The Labute approximate surface area is 164 Å². The topological polar surface area (TPSA) is 66.6 Å². The zero-order chi connectivity index (χ0) is 18.7. The zero-order valence-electron chi connectivity index (χ0n) is 15.4. The van der Waals surface area contributed by atoms with Crippen LogP contribution in [-0.2, 0) is 9.59 Å². The van der Waals surface area contributed by atoms with Gasteiger partial charge in [0.1, 0.15) is 6.04 Å². The number of carbonyl (C=O) groups is 2. The molecule has 0 bridgehead atoms. The Morgan fingerprint density at radius 3 is 2.73 bits per heavy atom. The molecule has 0 spiro atoms. The molecule has 1 aromatic carbocycles. The number of hydrogen-bond acceptors (Lipinski definition) is 3. The summed E-state index contributed by atoms with van der Waals surface area (Å²) in [5.41, 5.74) is 6.46. The van der Waals surface area contributed by atoms with Gasteiger partial charge in [0.25, 0.3) is 0 Å². The minimum absolute atomic E-state index is 0.116. The van der Waals surface area contributed by atoms with Crippen molar-refractivity contribution in [3.63, 3.8) is 0 Å². The molecule has 1 heterocycles. The first-order valence-corrected chi connectivity index (χ1v) is 10.3. The van der Waals surface area contributed by atoms with E-state index >= 15 is 0 Å². The number of halogens is 1. The smallest absolute Gasteiger partial charge is 0.239 e. The van der Waals surface area contributed by atoms with Crippen LogP contribution >= 0.6 is 15.9 Å². The first kappa shape index (κ1) is 19.4. The van der Waals surface area contributed by atoms with Gasteiger partial charge in [0.05, 0.1) is 6.54 Å². The summed E-state index contributed by atoms with van der Waals surface area (Å²) in [7, 11) is 1.80. The molecule has 2 fully saturated rings. The van der Waals surface area contributed by atoms with Crippen LogP contribution in [0.25, 0.3) is 0 Å². The highest BCUT2D eigenvalue weighted by Crippen LogP contribution is 2.35. The third kappa shape index (κ3) is 4.29. The third-order valence-corrected chi connectivity index (χ3v) is 6.32. The highest BCUT2D eigenvalue weighted by Gasteiger charge is 2.36. The third-order valence-electron chi connectivity index (χ3n) is 5.82. The number of likely N-dealkylation sites (N-methyl/N-ethyl adjacent to an activating group) is 1. The maximum Gasteiger partial charge on any atom is 0.239 e. The average molecular weight is 422 g/mol. The number of nitrogens with two attached hydrogens (primary N) is 1. The second-order valence-corrected chi connectivity index (χ2v) is 8.53. The minimum Gasteiger partial charge on any atom is -0.368 e. The van der Waals surface area contributed by atoms with Crippen LogP contribution in [0.3, 0.4) is 0 Å². The fourth-order valence-electron chi connectivity index (χ4n) is 4.64. The number of carbonyl (C=O) groups excluding carboxylic acids is 2. The van der Waals surface area contributed by atoms with Gasteiger partial charge in [-0.15, -0.1) is 0 Å². The molecular weight excluding hydrogens is 394 g/mol. The van der Waals surface area contributed by atoms with Crippen LogP contribution in [0.2, 0.25) is 0 Å². The number of piperidine rings is 1. The molecule has 3 rings (SSSR count). The maximum absolute atomic E-state index is 13.0. The summed E-state index contributed by atoms with van der Waals surface area (Å²) in [4.78, 5) is 28.9. The Bertz CT molecular complexity index is 664. The highest BCUT2D eigenvalue weighted by molar-refractivity contribution is 9.10. The van der Waals surface area contributed by atoms with E-state index in [9.17, 15) is 9.59 Å². The molecule has 3 atom stereocenters. The van der Waals surface area contributed by atoms with Gasteiger partial charge in [0.15, 0.2) is 0 Å². The van der Waals surface area contributed by atoms with Crippen LogP contribution in [0.1, 0.15) is 50.1 Å². The summed E-state index contributed by atoms with van der Waals surface area (Å²) in [5.74, 6) is 0.335. The van der Waals surface area contributed by atoms with Crippen molar-refractivity contribution in [2.24, 2.45) is 11.7 Å². The predicted molar refractivity (Wildman–Crippen MR) is 105 cm³/mol. The summed E-state index contributed by atoms with van der Waals surface area (Å²) in [6.45, 7) is 1.05. The van der Waals surface area contributed by atoms with Crippen molar-refractivity contribution in [3.8, 4) is 0 Å². The lowest BCUT2D eigenvalue weighted by atomic mass is 9.78. The molecule has 1 aromatic rings. The molecule has 1 saturated carbocycles. The molecule has 2 amide bonds. The molecule has 0 radical (unpaired) electrons. The van der Waals surface area contributed by atoms with Crippen LogP contribution in [0, 0.1) is 5.92 Å². The molecule has 2 N–H and O–H groups in total. The van der Waals surface area contributed by atoms with Crippen molar-refractivity contribution < 1.29 is 9.59 Å². The Hall–Kier alpha value is -1.40. The Kier molecular flexibility index (Phi) is 6.35. The number of likely N-dealkylation sites (tertiary alicyclic amines) is 1. The van der Waals surface area contributed by atoms with E-state index in [1.165, 1.54) is 25.7 Å². The van der Waals surface area contributed by atoms with Crippen LogP contribution in [0.5, 0.6) is 0 Å². The van der Waals surface area contributed by atoms with Gasteiger partial charge in [-0.25, -0.2) is 0 Å². The molecular formula is C20H28BrN3O2. The number of rotatable bonds is 5. The number of hydrogen-bond donors (Lipinski definition) is 1. The zero-order valence-corrected chi connectivity index (χ0v) is 17.0. The summed E-state index contributed by atoms with van der Waals surface area (Å²) < 4.78 is 0.891. The Morgan fingerprint density at radius 1 is 1.27 bits per heavy atom. The van der Waals surface area contributed by atoms with Gasteiger partial charge < -0.3 is 10.6 Å². The SMILES string of the molecule is CN(CC(=O)N1CCC[C@@H]2CCCC[C@@H]21)[C@H](C(N)=O)c1cccc(Br)c1. The standard InChI is InChI=1S/C20H28BrN3O2/c1-23(19(20(22)26)15-7-4-9-16(21)12-15)13-18(25)24-11-5-8-14-6-2-3-10-17(14)24/h4,7,9,12,14,17,19H,2-3,5-6,8,10-11,13H2,1H3,(H2,22,26)/t14-,17-,19-/m0/s1. The van der Waals surface area contributed by atoms with Gasteiger partial charge in [-0.1, -0.05) is 40.9 Å². The van der Waals surface area contributed by atoms with Crippen molar-refractivity contribution in [1.82, 2.24) is 9.80 Å². The maximum atomic E-state index is 13.0. The van der Waals surface area contributed by atoms with Crippen molar-refractivity contribution in [1.29, 1.82) is 0 Å². The molecule has 1 aliphatic carbocycles. The van der Waals surface area contributed by atoms with Crippen LogP contribution in [0.15, 0.2) is 28.7 Å². The highest BCUT2D eigenvalue weighted by atomic mass is 79.9. The van der Waals surface area contributed by atoms with E-state index in [0.29, 0.717) is 12.0 Å². The molecule has 2 aliphatic rings. The van der Waals surface area contributed by atoms with Crippen molar-refractivity contribution in [2.45, 2.75) is 50.6 Å². The quantitative estimate of drug-likeness (QED) is 0.793. The van der Waals surface area contributed by atoms with E-state index in [-0.39, 0.29) is 12.5 Å². The van der Waals surface area contributed by atoms with Gasteiger partial charge in [-0.3, -0.25) is 14.5 Å². The lowest BCUT2D eigenvalue weighted by Crippen LogP contribution is -2.52.